The molecule has 4 rings (SSSR count). The Bertz CT molecular complexity index is 1260. The minimum absolute atomic E-state index is 0.0847. The maximum Gasteiger partial charge on any atom is 0.247 e. The molecule has 1 fully saturated rings. The molecule has 0 spiro atoms. The molecular weight excluding hydrogens is 518 g/mol. The molecule has 0 bridgehead atoms. The highest BCUT2D eigenvalue weighted by Crippen LogP contribution is 2.31. The highest BCUT2D eigenvalue weighted by Gasteiger charge is 2.36. The number of rotatable bonds is 13. The van der Waals surface area contributed by atoms with E-state index >= 15 is 0 Å². The number of methoxy groups -OCH3 is 1. The number of hydrogen-bond acceptors (Lipinski definition) is 7. The molecule has 208 valence electrons. The molecule has 2 heterocycles. The van der Waals surface area contributed by atoms with E-state index in [9.17, 15) is 9.59 Å². The van der Waals surface area contributed by atoms with Crippen molar-refractivity contribution in [3.05, 3.63) is 47.7 Å². The van der Waals surface area contributed by atoms with E-state index in [4.69, 9.17) is 32.2 Å². The number of unbranched alkanes of at least 4 members (excludes halogenated alkanes) is 1. The minimum atomic E-state index is -1.05. The van der Waals surface area contributed by atoms with E-state index in [1.807, 2.05) is 23.1 Å². The largest absolute Gasteiger partial charge is 0.495 e. The fraction of sp³-hybridized carbons (Fsp3) is 0.464. The van der Waals surface area contributed by atoms with Crippen LogP contribution in [-0.4, -0.2) is 68.7 Å². The molecule has 0 saturated heterocycles. The number of carbonyl (C=O) groups excluding carboxylic acids is 2. The molecule has 39 heavy (non-hydrogen) atoms. The molecule has 0 aliphatic heterocycles. The molecule has 10 nitrogen and oxygen atoms in total. The fourth-order valence-electron chi connectivity index (χ4n) is 5.04. The number of primary amides is 1. The summed E-state index contributed by atoms with van der Waals surface area (Å²) in [5.74, 6) is 0.720. The summed E-state index contributed by atoms with van der Waals surface area (Å²) in [6, 6.07) is 8.19. The quantitative estimate of drug-likeness (QED) is 0.244. The van der Waals surface area contributed by atoms with Crippen LogP contribution in [-0.2, 0) is 16.1 Å². The lowest BCUT2D eigenvalue weighted by Crippen LogP contribution is -2.57. The second-order valence-corrected chi connectivity index (χ2v) is 10.1. The van der Waals surface area contributed by atoms with Gasteiger partial charge in [0, 0.05) is 42.7 Å². The Morgan fingerprint density at radius 3 is 2.59 bits per heavy atom. The molecule has 1 atom stereocenters. The molecule has 2 amide bonds. The first-order valence-corrected chi connectivity index (χ1v) is 13.8. The van der Waals surface area contributed by atoms with Crippen molar-refractivity contribution >= 4 is 23.4 Å². The van der Waals surface area contributed by atoms with Crippen LogP contribution in [0.2, 0.25) is 5.02 Å². The lowest BCUT2D eigenvalue weighted by Gasteiger charge is -2.34. The van der Waals surface area contributed by atoms with Crippen molar-refractivity contribution in [1.82, 2.24) is 30.0 Å². The van der Waals surface area contributed by atoms with Crippen LogP contribution in [0.4, 0.5) is 0 Å². The second kappa shape index (κ2) is 13.5. The molecule has 0 radical (unpaired) electrons. The van der Waals surface area contributed by atoms with Crippen molar-refractivity contribution < 1.29 is 14.3 Å². The molecule has 1 aliphatic carbocycles. The van der Waals surface area contributed by atoms with Gasteiger partial charge in [-0.15, -0.1) is 0 Å². The Hall–Kier alpha value is -3.50. The van der Waals surface area contributed by atoms with Gasteiger partial charge in [-0.25, -0.2) is 9.67 Å². The number of nitrogens with one attached hydrogen (secondary N) is 1. The van der Waals surface area contributed by atoms with E-state index in [1.165, 1.54) is 0 Å². The number of hydrogen-bond donors (Lipinski definition) is 2. The molecule has 1 aromatic carbocycles. The van der Waals surface area contributed by atoms with Crippen molar-refractivity contribution in [2.45, 2.75) is 64.1 Å². The van der Waals surface area contributed by atoms with Crippen LogP contribution in [0.25, 0.3) is 22.8 Å². The number of ether oxygens (including phenoxy) is 1. The Labute approximate surface area is 233 Å². The number of amides is 2. The van der Waals surface area contributed by atoms with Gasteiger partial charge in [-0.3, -0.25) is 19.5 Å². The maximum absolute atomic E-state index is 13.1. The summed E-state index contributed by atoms with van der Waals surface area (Å²) in [6.45, 7) is 3.35. The first-order chi connectivity index (χ1) is 18.9. The van der Waals surface area contributed by atoms with E-state index in [0.717, 1.165) is 49.7 Å². The van der Waals surface area contributed by atoms with Crippen LogP contribution in [0.3, 0.4) is 0 Å². The van der Waals surface area contributed by atoms with Gasteiger partial charge in [0.05, 0.1) is 18.7 Å². The third-order valence-electron chi connectivity index (χ3n) is 7.06. The smallest absolute Gasteiger partial charge is 0.247 e. The fourth-order valence-corrected chi connectivity index (χ4v) is 5.29. The minimum Gasteiger partial charge on any atom is -0.495 e. The molecule has 2 aromatic heterocycles. The van der Waals surface area contributed by atoms with Crippen molar-refractivity contribution in [3.63, 3.8) is 0 Å². The highest BCUT2D eigenvalue weighted by molar-refractivity contribution is 6.32. The van der Waals surface area contributed by atoms with Crippen LogP contribution >= 0.6 is 11.6 Å². The van der Waals surface area contributed by atoms with Crippen molar-refractivity contribution in [2.75, 3.05) is 20.2 Å². The third kappa shape index (κ3) is 6.93. The van der Waals surface area contributed by atoms with Crippen LogP contribution in [0.15, 0.2) is 42.7 Å². The predicted molar refractivity (Wildman–Crippen MR) is 150 cm³/mol. The van der Waals surface area contributed by atoms with Crippen LogP contribution in [0, 0.1) is 0 Å². The van der Waals surface area contributed by atoms with Crippen LogP contribution < -0.4 is 15.8 Å². The van der Waals surface area contributed by atoms with E-state index in [0.29, 0.717) is 42.1 Å². The van der Waals surface area contributed by atoms with Crippen molar-refractivity contribution in [2.24, 2.45) is 5.73 Å². The molecule has 1 saturated carbocycles. The number of benzene rings is 1. The SMILES string of the molecule is CCCCNC(=O)[C@@H](C(N)=O)N(CCn1nc(-c2ccncc2)nc1-c1ccc(OC)c(Cl)c1)C1CCCC1. The van der Waals surface area contributed by atoms with Gasteiger partial charge >= 0.3 is 0 Å². The summed E-state index contributed by atoms with van der Waals surface area (Å²) in [4.78, 5) is 36.6. The van der Waals surface area contributed by atoms with E-state index < -0.39 is 11.9 Å². The Kier molecular flexibility index (Phi) is 9.89. The van der Waals surface area contributed by atoms with E-state index in [1.54, 1.807) is 36.3 Å². The number of aromatic nitrogens is 4. The van der Waals surface area contributed by atoms with Gasteiger partial charge in [0.15, 0.2) is 17.7 Å². The van der Waals surface area contributed by atoms with Crippen LogP contribution in [0.1, 0.15) is 45.4 Å². The lowest BCUT2D eigenvalue weighted by molar-refractivity contribution is -0.136. The van der Waals surface area contributed by atoms with E-state index in [2.05, 4.69) is 17.2 Å². The van der Waals surface area contributed by atoms with Crippen LogP contribution in [0.5, 0.6) is 5.75 Å². The number of nitrogens with two attached hydrogens (primary N) is 1. The van der Waals surface area contributed by atoms with Gasteiger partial charge in [0.1, 0.15) is 5.75 Å². The Morgan fingerprint density at radius 1 is 1.21 bits per heavy atom. The normalized spacial score (nSPS) is 14.5. The van der Waals surface area contributed by atoms with Crippen molar-refractivity contribution in [1.29, 1.82) is 0 Å². The molecular formula is C28H36ClN7O3. The molecule has 0 unspecified atom stereocenters. The molecule has 3 N–H and O–H groups in total. The zero-order valence-electron chi connectivity index (χ0n) is 22.5. The number of carbonyl (C=O) groups is 2. The molecule has 11 heteroatoms. The standard InChI is InChI=1S/C28H36ClN7O3/c1-3-4-13-32-28(38)24(25(30)37)35(21-7-5-6-8-21)16-17-36-27(20-9-10-23(39-2)22(29)18-20)33-26(34-36)19-11-14-31-15-12-19/h9-12,14-15,18,21,24H,3-8,13,16-17H2,1-2H3,(H2,30,37)(H,32,38)/t24-/m1/s1. The first kappa shape index (κ1) is 28.5. The number of pyridine rings is 1. The van der Waals surface area contributed by atoms with Gasteiger partial charge < -0.3 is 15.8 Å². The highest BCUT2D eigenvalue weighted by atomic mass is 35.5. The Balaban J connectivity index is 1.66. The van der Waals surface area contributed by atoms with Gasteiger partial charge in [0.25, 0.3) is 0 Å². The van der Waals surface area contributed by atoms with Gasteiger partial charge in [0.2, 0.25) is 11.8 Å². The summed E-state index contributed by atoms with van der Waals surface area (Å²) >= 11 is 6.44. The van der Waals surface area contributed by atoms with Crippen molar-refractivity contribution in [3.8, 4) is 28.5 Å². The first-order valence-electron chi connectivity index (χ1n) is 13.4. The Morgan fingerprint density at radius 2 is 1.95 bits per heavy atom. The maximum atomic E-state index is 13.1. The third-order valence-corrected chi connectivity index (χ3v) is 7.36. The van der Waals surface area contributed by atoms with Gasteiger partial charge in [-0.1, -0.05) is 37.8 Å². The van der Waals surface area contributed by atoms with Gasteiger partial charge in [-0.05, 0) is 49.6 Å². The summed E-state index contributed by atoms with van der Waals surface area (Å²) < 4.78 is 7.11. The number of halogens is 1. The number of nitrogens with zero attached hydrogens (tertiary/aromatic N) is 5. The lowest BCUT2D eigenvalue weighted by atomic mass is 10.1. The summed E-state index contributed by atoms with van der Waals surface area (Å²) in [5, 5.41) is 8.15. The molecule has 1 aliphatic rings. The average molecular weight is 554 g/mol. The van der Waals surface area contributed by atoms with Gasteiger partial charge in [-0.2, -0.15) is 5.10 Å². The average Bonchev–Trinajstić information content (AvgIpc) is 3.62. The zero-order chi connectivity index (χ0) is 27.8. The predicted octanol–water partition coefficient (Wildman–Crippen LogP) is 3.68. The summed E-state index contributed by atoms with van der Waals surface area (Å²) in [7, 11) is 1.57. The van der Waals surface area contributed by atoms with E-state index in [-0.39, 0.29) is 11.9 Å². The summed E-state index contributed by atoms with van der Waals surface area (Å²) in [6.07, 6.45) is 9.08. The molecule has 3 aromatic rings. The summed E-state index contributed by atoms with van der Waals surface area (Å²) in [5.41, 5.74) is 7.41. The topological polar surface area (TPSA) is 128 Å². The monoisotopic (exact) mass is 553 g/mol. The zero-order valence-corrected chi connectivity index (χ0v) is 23.2. The second-order valence-electron chi connectivity index (χ2n) is 9.69.